The fraction of sp³-hybridized carbons (Fsp3) is 0.480. The van der Waals surface area contributed by atoms with Gasteiger partial charge in [0.25, 0.3) is 11.8 Å². The largest absolute Gasteiger partial charge is 0.459 e. The first-order valence-corrected chi connectivity index (χ1v) is 11.3. The Hall–Kier alpha value is -3.29. The lowest BCUT2D eigenvalue weighted by atomic mass is 9.91. The zero-order valence-electron chi connectivity index (χ0n) is 19.9. The molecule has 2 atom stereocenters. The van der Waals surface area contributed by atoms with Gasteiger partial charge >= 0.3 is 6.09 Å². The van der Waals surface area contributed by atoms with Crippen LogP contribution >= 0.6 is 0 Å². The highest BCUT2D eigenvalue weighted by Crippen LogP contribution is 2.23. The van der Waals surface area contributed by atoms with Gasteiger partial charge in [-0.2, -0.15) is 0 Å². The van der Waals surface area contributed by atoms with Gasteiger partial charge in [0.15, 0.2) is 5.76 Å². The SMILES string of the molecule is Cc1ccc(C(=O)N[C@H](C)[C@H]2CCCN(C(=O)OC(C)(C)C)C2)cc1NC(=O)c1ccco1. The summed E-state index contributed by atoms with van der Waals surface area (Å²) in [7, 11) is 0. The van der Waals surface area contributed by atoms with E-state index in [4.69, 9.17) is 9.15 Å². The molecule has 8 nitrogen and oxygen atoms in total. The van der Waals surface area contributed by atoms with Gasteiger partial charge in [0.1, 0.15) is 5.60 Å². The molecule has 1 aliphatic heterocycles. The minimum Gasteiger partial charge on any atom is -0.459 e. The predicted molar refractivity (Wildman–Crippen MR) is 125 cm³/mol. The number of aryl methyl sites for hydroxylation is 1. The first-order chi connectivity index (χ1) is 15.5. The maximum absolute atomic E-state index is 12.9. The molecular formula is C25H33N3O5. The van der Waals surface area contributed by atoms with Crippen LogP contribution in [0, 0.1) is 12.8 Å². The van der Waals surface area contributed by atoms with Crippen LogP contribution in [0.2, 0.25) is 0 Å². The number of benzene rings is 1. The third-order valence-corrected chi connectivity index (χ3v) is 5.67. The number of hydrogen-bond acceptors (Lipinski definition) is 5. The molecule has 3 rings (SSSR count). The summed E-state index contributed by atoms with van der Waals surface area (Å²) in [6, 6.07) is 8.27. The molecular weight excluding hydrogens is 422 g/mol. The average molecular weight is 456 g/mol. The molecule has 1 saturated heterocycles. The molecule has 3 amide bonds. The van der Waals surface area contributed by atoms with Gasteiger partial charge in [0, 0.05) is 30.4 Å². The van der Waals surface area contributed by atoms with Gasteiger partial charge in [-0.15, -0.1) is 0 Å². The molecule has 0 aliphatic carbocycles. The summed E-state index contributed by atoms with van der Waals surface area (Å²) >= 11 is 0. The Bertz CT molecular complexity index is 994. The Morgan fingerprint density at radius 2 is 1.94 bits per heavy atom. The van der Waals surface area contributed by atoms with Gasteiger partial charge in [-0.3, -0.25) is 9.59 Å². The molecule has 33 heavy (non-hydrogen) atoms. The van der Waals surface area contributed by atoms with E-state index in [1.54, 1.807) is 35.2 Å². The lowest BCUT2D eigenvalue weighted by Gasteiger charge is -2.36. The molecule has 8 heteroatoms. The number of piperidine rings is 1. The Kier molecular flexibility index (Phi) is 7.46. The first kappa shape index (κ1) is 24.4. The van der Waals surface area contributed by atoms with Crippen LogP contribution in [-0.2, 0) is 4.74 Å². The lowest BCUT2D eigenvalue weighted by molar-refractivity contribution is 0.0150. The molecule has 1 fully saturated rings. The summed E-state index contributed by atoms with van der Waals surface area (Å²) in [5, 5.41) is 5.84. The summed E-state index contributed by atoms with van der Waals surface area (Å²) in [6.45, 7) is 10.5. The Morgan fingerprint density at radius 3 is 2.61 bits per heavy atom. The standard InChI is InChI=1S/C25H33N3O5/c1-16-10-11-18(14-20(16)27-23(30)21-9-7-13-32-21)22(29)26-17(2)19-8-6-12-28(15-19)24(31)33-25(3,4)5/h7,9-11,13-14,17,19H,6,8,12,15H2,1-5H3,(H,26,29)(H,27,30)/t17-,19+/m1/s1. The van der Waals surface area contributed by atoms with E-state index in [1.807, 2.05) is 34.6 Å². The summed E-state index contributed by atoms with van der Waals surface area (Å²) in [6.07, 6.45) is 2.89. The summed E-state index contributed by atoms with van der Waals surface area (Å²) < 4.78 is 10.6. The fourth-order valence-electron chi connectivity index (χ4n) is 3.81. The number of hydrogen-bond donors (Lipinski definition) is 2. The highest BCUT2D eigenvalue weighted by atomic mass is 16.6. The number of furan rings is 1. The van der Waals surface area contributed by atoms with Crippen molar-refractivity contribution in [1.29, 1.82) is 0 Å². The Balaban J connectivity index is 1.62. The monoisotopic (exact) mass is 455 g/mol. The van der Waals surface area contributed by atoms with Crippen molar-refractivity contribution in [2.75, 3.05) is 18.4 Å². The fourth-order valence-corrected chi connectivity index (χ4v) is 3.81. The van der Waals surface area contributed by atoms with Crippen molar-refractivity contribution in [2.45, 2.75) is 59.1 Å². The number of anilines is 1. The van der Waals surface area contributed by atoms with Crippen molar-refractivity contribution in [3.8, 4) is 0 Å². The zero-order valence-corrected chi connectivity index (χ0v) is 19.9. The Morgan fingerprint density at radius 1 is 1.18 bits per heavy atom. The van der Waals surface area contributed by atoms with E-state index in [-0.39, 0.29) is 35.6 Å². The van der Waals surface area contributed by atoms with Crippen LogP contribution < -0.4 is 10.6 Å². The topological polar surface area (TPSA) is 101 Å². The molecule has 0 unspecified atom stereocenters. The molecule has 0 bridgehead atoms. The third kappa shape index (κ3) is 6.60. The lowest BCUT2D eigenvalue weighted by Crippen LogP contribution is -2.49. The van der Waals surface area contributed by atoms with Gasteiger partial charge in [-0.1, -0.05) is 6.07 Å². The second-order valence-corrected chi connectivity index (χ2v) is 9.55. The normalized spacial score (nSPS) is 17.2. The van der Waals surface area contributed by atoms with Crippen LogP contribution in [0.5, 0.6) is 0 Å². The number of likely N-dealkylation sites (tertiary alicyclic amines) is 1. The van der Waals surface area contributed by atoms with Gasteiger partial charge in [0.05, 0.1) is 6.26 Å². The minimum atomic E-state index is -0.542. The number of ether oxygens (including phenoxy) is 1. The van der Waals surface area contributed by atoms with Gasteiger partial charge in [0.2, 0.25) is 0 Å². The van der Waals surface area contributed by atoms with E-state index in [2.05, 4.69) is 10.6 Å². The van der Waals surface area contributed by atoms with E-state index < -0.39 is 5.60 Å². The molecule has 2 heterocycles. The van der Waals surface area contributed by atoms with Crippen LogP contribution in [0.25, 0.3) is 0 Å². The van der Waals surface area contributed by atoms with Crippen LogP contribution in [0.1, 0.15) is 67.0 Å². The van der Waals surface area contributed by atoms with Crippen LogP contribution in [-0.4, -0.2) is 47.5 Å². The van der Waals surface area contributed by atoms with Gasteiger partial charge in [-0.05, 0) is 83.2 Å². The summed E-state index contributed by atoms with van der Waals surface area (Å²) in [5.74, 6) is -0.285. The predicted octanol–water partition coefficient (Wildman–Crippen LogP) is 4.61. The second-order valence-electron chi connectivity index (χ2n) is 9.55. The van der Waals surface area contributed by atoms with Gasteiger partial charge in [-0.25, -0.2) is 4.79 Å². The number of carbonyl (C=O) groups excluding carboxylic acids is 3. The number of carbonyl (C=O) groups is 3. The van der Waals surface area contributed by atoms with Crippen LogP contribution in [0.3, 0.4) is 0 Å². The molecule has 178 valence electrons. The number of nitrogens with one attached hydrogen (secondary N) is 2. The van der Waals surface area contributed by atoms with E-state index >= 15 is 0 Å². The highest BCUT2D eigenvalue weighted by Gasteiger charge is 2.31. The van der Waals surface area contributed by atoms with Crippen molar-refractivity contribution in [2.24, 2.45) is 5.92 Å². The number of nitrogens with zero attached hydrogens (tertiary/aromatic N) is 1. The maximum atomic E-state index is 12.9. The van der Waals surface area contributed by atoms with Crippen LogP contribution in [0.15, 0.2) is 41.0 Å². The molecule has 1 aromatic carbocycles. The summed E-state index contributed by atoms with van der Waals surface area (Å²) in [4.78, 5) is 39.4. The van der Waals surface area contributed by atoms with E-state index in [1.165, 1.54) is 6.26 Å². The molecule has 0 radical (unpaired) electrons. The molecule has 2 aromatic rings. The smallest absolute Gasteiger partial charge is 0.410 e. The molecule has 2 N–H and O–H groups in total. The zero-order chi connectivity index (χ0) is 24.2. The quantitative estimate of drug-likeness (QED) is 0.686. The van der Waals surface area contributed by atoms with Crippen molar-refractivity contribution < 1.29 is 23.5 Å². The molecule has 0 spiro atoms. The average Bonchev–Trinajstić information content (AvgIpc) is 3.29. The third-order valence-electron chi connectivity index (χ3n) is 5.67. The Labute approximate surface area is 194 Å². The van der Waals surface area contributed by atoms with Crippen LogP contribution in [0.4, 0.5) is 10.5 Å². The molecule has 0 saturated carbocycles. The van der Waals surface area contributed by atoms with Crippen molar-refractivity contribution in [3.63, 3.8) is 0 Å². The van der Waals surface area contributed by atoms with Crippen molar-refractivity contribution in [3.05, 3.63) is 53.5 Å². The number of amides is 3. The number of rotatable bonds is 5. The van der Waals surface area contributed by atoms with E-state index in [0.717, 1.165) is 18.4 Å². The summed E-state index contributed by atoms with van der Waals surface area (Å²) in [5.41, 5.74) is 1.28. The first-order valence-electron chi connectivity index (χ1n) is 11.3. The molecule has 1 aromatic heterocycles. The second kappa shape index (κ2) is 10.1. The minimum absolute atomic E-state index is 0.124. The van der Waals surface area contributed by atoms with E-state index in [9.17, 15) is 14.4 Å². The van der Waals surface area contributed by atoms with Crippen molar-refractivity contribution in [1.82, 2.24) is 10.2 Å². The highest BCUT2D eigenvalue weighted by molar-refractivity contribution is 6.04. The van der Waals surface area contributed by atoms with Crippen molar-refractivity contribution >= 4 is 23.6 Å². The molecule has 1 aliphatic rings. The van der Waals surface area contributed by atoms with E-state index in [0.29, 0.717) is 24.3 Å². The van der Waals surface area contributed by atoms with Gasteiger partial charge < -0.3 is 24.7 Å². The maximum Gasteiger partial charge on any atom is 0.410 e.